The maximum atomic E-state index is 8.22. The Bertz CT molecular complexity index is 85.4. The molecule has 1 nitrogen and oxygen atoms in total. The first-order chi connectivity index (χ1) is 2.94. The average Bonchev–Trinajstić information content (AvgIpc) is 1.31. The molecule has 0 aliphatic carbocycles. The molecule has 0 aromatic carbocycles. The van der Waals surface area contributed by atoms with Crippen molar-refractivity contribution in [3.05, 3.63) is 0 Å². The second-order valence-electron chi connectivity index (χ2n) is 0.803. The average molecular weight is 179 g/mol. The minimum Gasteiger partial charge on any atom is -0.499 e. The van der Waals surface area contributed by atoms with Gasteiger partial charge in [0, 0.05) is 0 Å². The SMILES string of the molecule is OC(=S)C(Cl)(Cl)Cl. The molecule has 0 fully saturated rings. The first-order valence-electron chi connectivity index (χ1n) is 1.24. The molecular weight excluding hydrogens is 178 g/mol. The number of alkyl halides is 3. The van der Waals surface area contributed by atoms with Crippen LogP contribution in [0.1, 0.15) is 0 Å². The van der Waals surface area contributed by atoms with Gasteiger partial charge in [-0.1, -0.05) is 34.8 Å². The molecular formula is C2HCl3OS. The van der Waals surface area contributed by atoms with Crippen molar-refractivity contribution in [1.29, 1.82) is 0 Å². The molecule has 0 aliphatic heterocycles. The minimum absolute atomic E-state index is 0.627. The maximum Gasteiger partial charge on any atom is 0.258 e. The van der Waals surface area contributed by atoms with E-state index < -0.39 is 8.84 Å². The molecule has 0 rings (SSSR count). The van der Waals surface area contributed by atoms with Crippen LogP contribution in [0.5, 0.6) is 0 Å². The molecule has 0 amide bonds. The lowest BCUT2D eigenvalue weighted by molar-refractivity contribution is 0.558. The van der Waals surface area contributed by atoms with Crippen LogP contribution in [0.4, 0.5) is 0 Å². The zero-order valence-corrected chi connectivity index (χ0v) is 6.07. The lowest BCUT2D eigenvalue weighted by Crippen LogP contribution is -2.14. The Morgan fingerprint density at radius 2 is 1.57 bits per heavy atom. The van der Waals surface area contributed by atoms with Crippen molar-refractivity contribution in [1.82, 2.24) is 0 Å². The number of halogens is 3. The Morgan fingerprint density at radius 1 is 1.43 bits per heavy atom. The van der Waals surface area contributed by atoms with Crippen molar-refractivity contribution < 1.29 is 5.11 Å². The van der Waals surface area contributed by atoms with E-state index in [4.69, 9.17) is 39.9 Å². The summed E-state index contributed by atoms with van der Waals surface area (Å²) in [5.74, 6) is 0. The van der Waals surface area contributed by atoms with E-state index in [-0.39, 0.29) is 0 Å². The van der Waals surface area contributed by atoms with Crippen LogP contribution >= 0.6 is 47.0 Å². The van der Waals surface area contributed by atoms with Gasteiger partial charge in [0.15, 0.2) is 0 Å². The molecule has 0 atom stereocenters. The van der Waals surface area contributed by atoms with E-state index in [0.29, 0.717) is 0 Å². The fourth-order valence-corrected chi connectivity index (χ4v) is 0. The Balaban J connectivity index is 3.79. The van der Waals surface area contributed by atoms with Crippen molar-refractivity contribution in [2.45, 2.75) is 3.79 Å². The van der Waals surface area contributed by atoms with Crippen LogP contribution in [0.2, 0.25) is 0 Å². The summed E-state index contributed by atoms with van der Waals surface area (Å²) in [7, 11) is 0. The van der Waals surface area contributed by atoms with E-state index in [1.807, 2.05) is 0 Å². The third-order valence-electron chi connectivity index (χ3n) is 0.243. The van der Waals surface area contributed by atoms with Crippen molar-refractivity contribution in [2.24, 2.45) is 0 Å². The minimum atomic E-state index is -1.80. The molecule has 42 valence electrons. The molecule has 7 heavy (non-hydrogen) atoms. The number of aliphatic hydroxyl groups is 1. The molecule has 0 bridgehead atoms. The number of hydrogen-bond donors (Lipinski definition) is 1. The summed E-state index contributed by atoms with van der Waals surface area (Å²) in [6, 6.07) is 0. The van der Waals surface area contributed by atoms with Crippen LogP contribution in [-0.2, 0) is 0 Å². The molecule has 0 heterocycles. The van der Waals surface area contributed by atoms with Crippen LogP contribution < -0.4 is 0 Å². The number of rotatable bonds is 0. The second-order valence-corrected chi connectivity index (χ2v) is 3.47. The number of thiocarbonyl (C=S) groups is 1. The smallest absolute Gasteiger partial charge is 0.258 e. The van der Waals surface area contributed by atoms with Crippen molar-refractivity contribution >= 4 is 52.1 Å². The van der Waals surface area contributed by atoms with E-state index >= 15 is 0 Å². The predicted octanol–water partition coefficient (Wildman–Crippen LogP) is 2.24. The highest BCUT2D eigenvalue weighted by molar-refractivity contribution is 7.80. The van der Waals surface area contributed by atoms with Crippen molar-refractivity contribution in [2.75, 3.05) is 0 Å². The molecule has 0 saturated heterocycles. The zero-order valence-electron chi connectivity index (χ0n) is 2.99. The van der Waals surface area contributed by atoms with E-state index in [2.05, 4.69) is 12.2 Å². The van der Waals surface area contributed by atoms with Crippen LogP contribution in [0.3, 0.4) is 0 Å². The van der Waals surface area contributed by atoms with Crippen LogP contribution in [-0.4, -0.2) is 13.9 Å². The summed E-state index contributed by atoms with van der Waals surface area (Å²) in [5, 5.41) is 7.60. The van der Waals surface area contributed by atoms with Gasteiger partial charge in [0.05, 0.1) is 0 Å². The lowest BCUT2D eigenvalue weighted by atomic mass is 10.8. The normalized spacial score (nSPS) is 11.3. The zero-order chi connectivity index (χ0) is 6.08. The van der Waals surface area contributed by atoms with Gasteiger partial charge in [0.1, 0.15) is 0 Å². The molecule has 0 spiro atoms. The Morgan fingerprint density at radius 3 is 1.57 bits per heavy atom. The summed E-state index contributed by atoms with van der Waals surface area (Å²) < 4.78 is -1.80. The molecule has 5 heteroatoms. The van der Waals surface area contributed by atoms with E-state index in [9.17, 15) is 0 Å². The fraction of sp³-hybridized carbons (Fsp3) is 0.500. The molecule has 0 unspecified atom stereocenters. The molecule has 0 aromatic heterocycles. The summed E-state index contributed by atoms with van der Waals surface area (Å²) >= 11 is 19.1. The fourth-order valence-electron chi connectivity index (χ4n) is 0. The number of aliphatic hydroxyl groups excluding tert-OH is 1. The van der Waals surface area contributed by atoms with E-state index in [1.54, 1.807) is 0 Å². The highest BCUT2D eigenvalue weighted by atomic mass is 35.6. The van der Waals surface area contributed by atoms with Gasteiger partial charge in [-0.05, 0) is 12.2 Å². The van der Waals surface area contributed by atoms with Gasteiger partial charge >= 0.3 is 0 Å². The van der Waals surface area contributed by atoms with Crippen molar-refractivity contribution in [3.8, 4) is 0 Å². The molecule has 0 saturated carbocycles. The van der Waals surface area contributed by atoms with Gasteiger partial charge in [-0.25, -0.2) is 0 Å². The van der Waals surface area contributed by atoms with Crippen molar-refractivity contribution in [3.63, 3.8) is 0 Å². The second kappa shape index (κ2) is 2.35. The van der Waals surface area contributed by atoms with Crippen LogP contribution in [0, 0.1) is 0 Å². The Kier molecular flexibility index (Phi) is 2.61. The summed E-state index contributed by atoms with van der Waals surface area (Å²) in [6.07, 6.45) is 0. The third-order valence-corrected chi connectivity index (χ3v) is 1.42. The first kappa shape index (κ1) is 7.76. The van der Waals surface area contributed by atoms with Gasteiger partial charge in [-0.3, -0.25) is 0 Å². The topological polar surface area (TPSA) is 20.2 Å². The summed E-state index contributed by atoms with van der Waals surface area (Å²) in [5.41, 5.74) is 0. The first-order valence-corrected chi connectivity index (χ1v) is 2.79. The van der Waals surface area contributed by atoms with Gasteiger partial charge in [0.25, 0.3) is 3.79 Å². The molecule has 0 radical (unpaired) electrons. The maximum absolute atomic E-state index is 8.22. The Hall–Kier alpha value is 0.760. The number of hydrogen-bond acceptors (Lipinski definition) is 1. The van der Waals surface area contributed by atoms with Gasteiger partial charge in [0.2, 0.25) is 5.05 Å². The van der Waals surface area contributed by atoms with E-state index in [0.717, 1.165) is 0 Å². The summed E-state index contributed by atoms with van der Waals surface area (Å²) in [6.45, 7) is 0. The lowest BCUT2D eigenvalue weighted by Gasteiger charge is -2.03. The molecule has 0 aromatic rings. The third kappa shape index (κ3) is 3.35. The van der Waals surface area contributed by atoms with Crippen LogP contribution in [0.15, 0.2) is 0 Å². The monoisotopic (exact) mass is 178 g/mol. The van der Waals surface area contributed by atoms with Gasteiger partial charge in [-0.2, -0.15) is 0 Å². The van der Waals surface area contributed by atoms with E-state index in [1.165, 1.54) is 0 Å². The van der Waals surface area contributed by atoms with Crippen LogP contribution in [0.25, 0.3) is 0 Å². The highest BCUT2D eigenvalue weighted by Gasteiger charge is 2.25. The molecule has 1 N–H and O–H groups in total. The molecule has 0 aliphatic rings. The quantitative estimate of drug-likeness (QED) is 0.455. The predicted molar refractivity (Wildman–Crippen MR) is 35.5 cm³/mol. The Labute approximate surface area is 61.2 Å². The highest BCUT2D eigenvalue weighted by Crippen LogP contribution is 2.26. The standard InChI is InChI=1S/C2HCl3OS/c3-2(4,5)1(6)7/h(H,6,7). The summed E-state index contributed by atoms with van der Waals surface area (Å²) in [4.78, 5) is 0. The largest absolute Gasteiger partial charge is 0.499 e. The van der Waals surface area contributed by atoms with Gasteiger partial charge in [-0.15, -0.1) is 0 Å². The van der Waals surface area contributed by atoms with Gasteiger partial charge < -0.3 is 5.11 Å².